The number of H-pyrrole nitrogens is 1. The van der Waals surface area contributed by atoms with Gasteiger partial charge in [-0.15, -0.1) is 0 Å². The van der Waals surface area contributed by atoms with E-state index >= 15 is 0 Å². The standard InChI is InChI=1S/C20H14ClN3O2/c21-17-4-2-1-3-16(17)19(25)15-9-18(23-12-15)20(26)24-11-14-7-5-13(10-22)6-8-14/h1-9,12,23H,11H2,(H,24,26). The van der Waals surface area contributed by atoms with Gasteiger partial charge in [0.05, 0.1) is 16.7 Å². The van der Waals surface area contributed by atoms with Gasteiger partial charge in [-0.25, -0.2) is 0 Å². The number of amides is 1. The molecule has 26 heavy (non-hydrogen) atoms. The van der Waals surface area contributed by atoms with Crippen LogP contribution in [-0.4, -0.2) is 16.7 Å². The number of ketones is 1. The molecule has 6 heteroatoms. The molecule has 3 rings (SSSR count). The minimum atomic E-state index is -0.326. The fraction of sp³-hybridized carbons (Fsp3) is 0.0500. The van der Waals surface area contributed by atoms with Gasteiger partial charge in [0.2, 0.25) is 0 Å². The summed E-state index contributed by atoms with van der Waals surface area (Å²) >= 11 is 6.05. The molecule has 0 aliphatic rings. The van der Waals surface area contributed by atoms with Gasteiger partial charge in [0.25, 0.3) is 5.91 Å². The predicted octanol–water partition coefficient (Wildman–Crippen LogP) is 3.70. The summed E-state index contributed by atoms with van der Waals surface area (Å²) in [5.74, 6) is -0.578. The van der Waals surface area contributed by atoms with Crippen molar-refractivity contribution in [1.29, 1.82) is 5.26 Å². The van der Waals surface area contributed by atoms with Crippen LogP contribution < -0.4 is 5.32 Å². The Balaban J connectivity index is 1.67. The Hall–Kier alpha value is -3.36. The maximum absolute atomic E-state index is 12.5. The first kappa shape index (κ1) is 17.5. The number of halogens is 1. The molecule has 1 amide bonds. The zero-order valence-corrected chi connectivity index (χ0v) is 14.4. The summed E-state index contributed by atoms with van der Waals surface area (Å²) in [5, 5.41) is 11.9. The van der Waals surface area contributed by atoms with E-state index in [4.69, 9.17) is 16.9 Å². The second kappa shape index (κ2) is 7.68. The summed E-state index contributed by atoms with van der Waals surface area (Å²) in [7, 11) is 0. The average molecular weight is 364 g/mol. The van der Waals surface area contributed by atoms with Crippen LogP contribution in [0.2, 0.25) is 5.02 Å². The molecule has 0 atom stereocenters. The first-order valence-corrected chi connectivity index (χ1v) is 8.21. The van der Waals surface area contributed by atoms with Crippen LogP contribution in [-0.2, 0) is 6.54 Å². The third kappa shape index (κ3) is 3.82. The van der Waals surface area contributed by atoms with E-state index in [9.17, 15) is 9.59 Å². The molecule has 1 heterocycles. The van der Waals surface area contributed by atoms with Gasteiger partial charge in [0.15, 0.2) is 5.78 Å². The molecule has 1 aromatic heterocycles. The van der Waals surface area contributed by atoms with Crippen LogP contribution in [0.15, 0.2) is 60.8 Å². The fourth-order valence-electron chi connectivity index (χ4n) is 2.43. The number of rotatable bonds is 5. The summed E-state index contributed by atoms with van der Waals surface area (Å²) in [4.78, 5) is 27.5. The van der Waals surface area contributed by atoms with Gasteiger partial charge in [-0.3, -0.25) is 9.59 Å². The molecule has 128 valence electrons. The highest BCUT2D eigenvalue weighted by atomic mass is 35.5. The lowest BCUT2D eigenvalue weighted by molar-refractivity contribution is 0.0946. The molecule has 0 fully saturated rings. The van der Waals surface area contributed by atoms with Gasteiger partial charge in [-0.1, -0.05) is 35.9 Å². The fourth-order valence-corrected chi connectivity index (χ4v) is 2.65. The van der Waals surface area contributed by atoms with E-state index in [1.165, 1.54) is 12.3 Å². The van der Waals surface area contributed by atoms with Crippen LogP contribution in [0.3, 0.4) is 0 Å². The number of aromatic amines is 1. The van der Waals surface area contributed by atoms with Crippen LogP contribution in [0.4, 0.5) is 0 Å². The van der Waals surface area contributed by atoms with Gasteiger partial charge in [-0.2, -0.15) is 5.26 Å². The molecule has 5 nitrogen and oxygen atoms in total. The molecular formula is C20H14ClN3O2. The number of benzene rings is 2. The quantitative estimate of drug-likeness (QED) is 0.678. The number of carbonyl (C=O) groups is 2. The van der Waals surface area contributed by atoms with Crippen molar-refractivity contribution in [3.05, 3.63) is 93.8 Å². The molecule has 0 saturated heterocycles. The minimum Gasteiger partial charge on any atom is -0.356 e. The van der Waals surface area contributed by atoms with Crippen molar-refractivity contribution < 1.29 is 9.59 Å². The topological polar surface area (TPSA) is 85.8 Å². The molecule has 0 aliphatic heterocycles. The maximum atomic E-state index is 12.5. The zero-order chi connectivity index (χ0) is 18.5. The molecule has 3 aromatic rings. The van der Waals surface area contributed by atoms with Crippen LogP contribution in [0.1, 0.15) is 37.5 Å². The lowest BCUT2D eigenvalue weighted by Crippen LogP contribution is -2.23. The molecule has 0 unspecified atom stereocenters. The van der Waals surface area contributed by atoms with Crippen molar-refractivity contribution >= 4 is 23.3 Å². The molecule has 2 N–H and O–H groups in total. The number of nitrogens with zero attached hydrogens (tertiary/aromatic N) is 1. The first-order valence-electron chi connectivity index (χ1n) is 7.83. The van der Waals surface area contributed by atoms with E-state index in [1.54, 1.807) is 48.5 Å². The van der Waals surface area contributed by atoms with Crippen molar-refractivity contribution in [1.82, 2.24) is 10.3 Å². The van der Waals surface area contributed by atoms with E-state index < -0.39 is 0 Å². The SMILES string of the molecule is N#Cc1ccc(CNC(=O)c2cc(C(=O)c3ccccc3Cl)c[nH]2)cc1. The Labute approximate surface area is 155 Å². The van der Waals surface area contributed by atoms with Crippen LogP contribution in [0.5, 0.6) is 0 Å². The van der Waals surface area contributed by atoms with Gasteiger partial charge in [0.1, 0.15) is 5.69 Å². The predicted molar refractivity (Wildman–Crippen MR) is 98.0 cm³/mol. The molecule has 0 bridgehead atoms. The van der Waals surface area contributed by atoms with Crippen molar-refractivity contribution in [2.24, 2.45) is 0 Å². The average Bonchev–Trinajstić information content (AvgIpc) is 3.16. The Morgan fingerprint density at radius 1 is 1.12 bits per heavy atom. The van der Waals surface area contributed by atoms with Crippen LogP contribution >= 0.6 is 11.6 Å². The van der Waals surface area contributed by atoms with E-state index in [2.05, 4.69) is 10.3 Å². The highest BCUT2D eigenvalue weighted by Crippen LogP contribution is 2.19. The van der Waals surface area contributed by atoms with E-state index in [1.807, 2.05) is 6.07 Å². The Morgan fingerprint density at radius 2 is 1.85 bits per heavy atom. The normalized spacial score (nSPS) is 10.2. The van der Waals surface area contributed by atoms with Crippen molar-refractivity contribution in [2.75, 3.05) is 0 Å². The molecule has 0 aliphatic carbocycles. The Kier molecular flexibility index (Phi) is 5.16. The minimum absolute atomic E-state index is 0.252. The second-order valence-corrected chi connectivity index (χ2v) is 6.01. The number of aromatic nitrogens is 1. The third-order valence-corrected chi connectivity index (χ3v) is 4.17. The van der Waals surface area contributed by atoms with Crippen molar-refractivity contribution in [3.8, 4) is 6.07 Å². The largest absolute Gasteiger partial charge is 0.356 e. The lowest BCUT2D eigenvalue weighted by Gasteiger charge is -2.04. The summed E-state index contributed by atoms with van der Waals surface area (Å²) in [6.45, 7) is 0.317. The number of nitriles is 1. The number of hydrogen-bond acceptors (Lipinski definition) is 3. The lowest BCUT2D eigenvalue weighted by atomic mass is 10.1. The molecular weight excluding hydrogens is 350 g/mol. The van der Waals surface area contributed by atoms with Gasteiger partial charge in [0, 0.05) is 23.9 Å². The number of carbonyl (C=O) groups excluding carboxylic acids is 2. The van der Waals surface area contributed by atoms with E-state index in [0.29, 0.717) is 28.3 Å². The van der Waals surface area contributed by atoms with Crippen molar-refractivity contribution in [2.45, 2.75) is 6.54 Å². The Bertz CT molecular complexity index is 1000. The summed E-state index contributed by atoms with van der Waals surface area (Å²) in [5.41, 5.74) is 2.47. The van der Waals surface area contributed by atoms with Gasteiger partial charge >= 0.3 is 0 Å². The third-order valence-electron chi connectivity index (χ3n) is 3.84. The monoisotopic (exact) mass is 363 g/mol. The Morgan fingerprint density at radius 3 is 2.54 bits per heavy atom. The van der Waals surface area contributed by atoms with E-state index in [-0.39, 0.29) is 17.4 Å². The second-order valence-electron chi connectivity index (χ2n) is 5.60. The molecule has 2 aromatic carbocycles. The summed E-state index contributed by atoms with van der Waals surface area (Å²) in [6, 6.07) is 17.2. The van der Waals surface area contributed by atoms with E-state index in [0.717, 1.165) is 5.56 Å². The zero-order valence-electron chi connectivity index (χ0n) is 13.6. The highest BCUT2D eigenvalue weighted by Gasteiger charge is 2.16. The van der Waals surface area contributed by atoms with Crippen LogP contribution in [0.25, 0.3) is 0 Å². The molecule has 0 saturated carbocycles. The van der Waals surface area contributed by atoms with Gasteiger partial charge < -0.3 is 10.3 Å². The highest BCUT2D eigenvalue weighted by molar-refractivity contribution is 6.35. The van der Waals surface area contributed by atoms with Crippen LogP contribution in [0, 0.1) is 11.3 Å². The summed E-state index contributed by atoms with van der Waals surface area (Å²) < 4.78 is 0. The maximum Gasteiger partial charge on any atom is 0.267 e. The smallest absolute Gasteiger partial charge is 0.267 e. The molecule has 0 radical (unpaired) electrons. The molecule has 0 spiro atoms. The summed E-state index contributed by atoms with van der Waals surface area (Å²) in [6.07, 6.45) is 1.49. The van der Waals surface area contributed by atoms with Crippen molar-refractivity contribution in [3.63, 3.8) is 0 Å². The number of hydrogen-bond donors (Lipinski definition) is 2. The first-order chi connectivity index (χ1) is 12.6. The van der Waals surface area contributed by atoms with Gasteiger partial charge in [-0.05, 0) is 35.9 Å². The number of nitrogens with one attached hydrogen (secondary N) is 2.